The van der Waals surface area contributed by atoms with Crippen LogP contribution in [0.15, 0.2) is 29.3 Å². The monoisotopic (exact) mass is 514 g/mol. The Labute approximate surface area is 194 Å². The van der Waals surface area contributed by atoms with Crippen LogP contribution in [0.5, 0.6) is 0 Å². The number of benzene rings is 1. The Balaban J connectivity index is 0.00000300. The Bertz CT molecular complexity index is 642. The number of hydrogen-bond acceptors (Lipinski definition) is 3. The summed E-state index contributed by atoms with van der Waals surface area (Å²) in [5, 5.41) is 7.03. The van der Waals surface area contributed by atoms with Crippen molar-refractivity contribution in [2.24, 2.45) is 10.4 Å². The van der Waals surface area contributed by atoms with Gasteiger partial charge in [-0.2, -0.15) is 0 Å². The molecule has 0 aromatic heterocycles. The van der Waals surface area contributed by atoms with Crippen molar-refractivity contribution in [1.82, 2.24) is 10.6 Å². The number of rotatable bonds is 10. The summed E-state index contributed by atoms with van der Waals surface area (Å²) in [6.07, 6.45) is 6.28. The van der Waals surface area contributed by atoms with E-state index in [0.717, 1.165) is 38.7 Å². The molecule has 2 fully saturated rings. The standard InChI is InChI=1S/C23H38N4O.HI/c1-4-24-22(25-18-23(11-12-23)13-16-28-5-2)26-19(3)20-9-8-10-21(17-20)27-14-6-7-15-27;/h8-10,17,19H,4-7,11-16,18H2,1-3H3,(H2,24,25,26);1H. The number of hydrogen-bond donors (Lipinski definition) is 2. The average molecular weight is 514 g/mol. The summed E-state index contributed by atoms with van der Waals surface area (Å²) < 4.78 is 5.56. The van der Waals surface area contributed by atoms with Gasteiger partial charge in [-0.1, -0.05) is 12.1 Å². The lowest BCUT2D eigenvalue weighted by Gasteiger charge is -2.22. The van der Waals surface area contributed by atoms with E-state index in [1.807, 2.05) is 0 Å². The molecule has 164 valence electrons. The van der Waals surface area contributed by atoms with Crippen LogP contribution in [0.1, 0.15) is 64.5 Å². The third-order valence-electron chi connectivity index (χ3n) is 6.05. The molecule has 1 aliphatic carbocycles. The van der Waals surface area contributed by atoms with E-state index < -0.39 is 0 Å². The molecule has 5 nitrogen and oxygen atoms in total. The summed E-state index contributed by atoms with van der Waals surface area (Å²) in [6, 6.07) is 9.18. The molecule has 0 spiro atoms. The number of nitrogens with one attached hydrogen (secondary N) is 2. The van der Waals surface area contributed by atoms with E-state index in [4.69, 9.17) is 9.73 Å². The maximum Gasteiger partial charge on any atom is 0.191 e. The first-order valence-electron chi connectivity index (χ1n) is 11.1. The molecule has 1 atom stereocenters. The Morgan fingerprint density at radius 1 is 1.24 bits per heavy atom. The number of ether oxygens (including phenoxy) is 1. The van der Waals surface area contributed by atoms with Crippen LogP contribution < -0.4 is 15.5 Å². The molecule has 6 heteroatoms. The maximum atomic E-state index is 5.56. The van der Waals surface area contributed by atoms with E-state index >= 15 is 0 Å². The molecule has 1 saturated carbocycles. The smallest absolute Gasteiger partial charge is 0.191 e. The highest BCUT2D eigenvalue weighted by Gasteiger charge is 2.41. The number of aliphatic imine (C=N–C) groups is 1. The second-order valence-electron chi connectivity index (χ2n) is 8.30. The predicted molar refractivity (Wildman–Crippen MR) is 134 cm³/mol. The molecule has 2 N–H and O–H groups in total. The van der Waals surface area contributed by atoms with Gasteiger partial charge in [0.25, 0.3) is 0 Å². The lowest BCUT2D eigenvalue weighted by molar-refractivity contribution is 0.129. The Morgan fingerprint density at radius 2 is 2.00 bits per heavy atom. The molecule has 2 aliphatic rings. The maximum absolute atomic E-state index is 5.56. The van der Waals surface area contributed by atoms with Crippen LogP contribution in [0.2, 0.25) is 0 Å². The summed E-state index contributed by atoms with van der Waals surface area (Å²) in [5.74, 6) is 0.921. The van der Waals surface area contributed by atoms with Gasteiger partial charge in [-0.25, -0.2) is 0 Å². The third-order valence-corrected chi connectivity index (χ3v) is 6.05. The first-order valence-corrected chi connectivity index (χ1v) is 11.1. The molecule has 1 aromatic carbocycles. The Morgan fingerprint density at radius 3 is 2.66 bits per heavy atom. The van der Waals surface area contributed by atoms with Gasteiger partial charge < -0.3 is 20.3 Å². The van der Waals surface area contributed by atoms with Crippen LogP contribution in [0.25, 0.3) is 0 Å². The minimum atomic E-state index is 0. The molecule has 1 saturated heterocycles. The first kappa shape index (κ1) is 24.3. The van der Waals surface area contributed by atoms with Crippen molar-refractivity contribution in [2.75, 3.05) is 44.3 Å². The first-order chi connectivity index (χ1) is 13.7. The predicted octanol–water partition coefficient (Wildman–Crippen LogP) is 4.73. The van der Waals surface area contributed by atoms with Crippen molar-refractivity contribution in [2.45, 2.75) is 58.9 Å². The molecule has 3 rings (SSSR count). The van der Waals surface area contributed by atoms with Gasteiger partial charge in [0.1, 0.15) is 0 Å². The van der Waals surface area contributed by atoms with Crippen molar-refractivity contribution in [3.63, 3.8) is 0 Å². The largest absolute Gasteiger partial charge is 0.382 e. The van der Waals surface area contributed by atoms with Crippen LogP contribution in [0.3, 0.4) is 0 Å². The van der Waals surface area contributed by atoms with Crippen LogP contribution in [-0.2, 0) is 4.74 Å². The number of nitrogens with zero attached hydrogens (tertiary/aromatic N) is 2. The van der Waals surface area contributed by atoms with Gasteiger partial charge in [-0.15, -0.1) is 24.0 Å². The molecular weight excluding hydrogens is 475 g/mol. The summed E-state index contributed by atoms with van der Waals surface area (Å²) in [4.78, 5) is 7.41. The minimum Gasteiger partial charge on any atom is -0.382 e. The zero-order chi connectivity index (χ0) is 19.8. The second-order valence-corrected chi connectivity index (χ2v) is 8.30. The van der Waals surface area contributed by atoms with E-state index in [-0.39, 0.29) is 30.0 Å². The molecule has 29 heavy (non-hydrogen) atoms. The summed E-state index contributed by atoms with van der Waals surface area (Å²) in [5.41, 5.74) is 3.03. The van der Waals surface area contributed by atoms with Crippen LogP contribution in [0, 0.1) is 5.41 Å². The summed E-state index contributed by atoms with van der Waals surface area (Å²) >= 11 is 0. The molecule has 1 aromatic rings. The van der Waals surface area contributed by atoms with Crippen molar-refractivity contribution in [1.29, 1.82) is 0 Å². The van der Waals surface area contributed by atoms with Crippen LogP contribution in [-0.4, -0.2) is 45.4 Å². The molecule has 0 radical (unpaired) electrons. The van der Waals surface area contributed by atoms with Gasteiger partial charge in [-0.3, -0.25) is 4.99 Å². The van der Waals surface area contributed by atoms with Crippen molar-refractivity contribution < 1.29 is 4.74 Å². The molecule has 0 amide bonds. The highest BCUT2D eigenvalue weighted by Crippen LogP contribution is 2.49. The van der Waals surface area contributed by atoms with Gasteiger partial charge in [0.2, 0.25) is 0 Å². The van der Waals surface area contributed by atoms with E-state index in [1.54, 1.807) is 0 Å². The van der Waals surface area contributed by atoms with Crippen LogP contribution in [0.4, 0.5) is 5.69 Å². The second kappa shape index (κ2) is 12.0. The lowest BCUT2D eigenvalue weighted by atomic mass is 10.0. The van der Waals surface area contributed by atoms with Crippen molar-refractivity contribution in [3.8, 4) is 0 Å². The van der Waals surface area contributed by atoms with Gasteiger partial charge in [0, 0.05) is 45.1 Å². The molecule has 1 unspecified atom stereocenters. The number of guanidine groups is 1. The van der Waals surface area contributed by atoms with Crippen LogP contribution >= 0.6 is 24.0 Å². The van der Waals surface area contributed by atoms with Gasteiger partial charge in [-0.05, 0) is 76.0 Å². The zero-order valence-corrected chi connectivity index (χ0v) is 20.7. The Hall–Kier alpha value is -1.02. The summed E-state index contributed by atoms with van der Waals surface area (Å²) in [6.45, 7) is 12.2. The van der Waals surface area contributed by atoms with E-state index in [2.05, 4.69) is 60.6 Å². The number of halogens is 1. The van der Waals surface area contributed by atoms with E-state index in [9.17, 15) is 0 Å². The normalized spacial score (nSPS) is 18.9. The van der Waals surface area contributed by atoms with Gasteiger partial charge >= 0.3 is 0 Å². The SMILES string of the molecule is CCNC(=NCC1(CCOCC)CC1)NC(C)c1cccc(N2CCCC2)c1.I. The third kappa shape index (κ3) is 7.31. The molecular formula is C23H39IN4O. The minimum absolute atomic E-state index is 0. The highest BCUT2D eigenvalue weighted by atomic mass is 127. The fraction of sp³-hybridized carbons (Fsp3) is 0.696. The van der Waals surface area contributed by atoms with Crippen molar-refractivity contribution >= 4 is 35.6 Å². The quantitative estimate of drug-likeness (QED) is 0.205. The van der Waals surface area contributed by atoms with E-state index in [1.165, 1.54) is 50.0 Å². The molecule has 1 heterocycles. The summed E-state index contributed by atoms with van der Waals surface area (Å²) in [7, 11) is 0. The highest BCUT2D eigenvalue weighted by molar-refractivity contribution is 14.0. The van der Waals surface area contributed by atoms with E-state index in [0.29, 0.717) is 5.41 Å². The van der Waals surface area contributed by atoms with Gasteiger partial charge in [0.05, 0.1) is 6.04 Å². The molecule has 0 bridgehead atoms. The fourth-order valence-electron chi connectivity index (χ4n) is 3.92. The van der Waals surface area contributed by atoms with Gasteiger partial charge in [0.15, 0.2) is 5.96 Å². The Kier molecular flexibility index (Phi) is 10.0. The average Bonchev–Trinajstić information content (AvgIpc) is 3.26. The topological polar surface area (TPSA) is 48.9 Å². The zero-order valence-electron chi connectivity index (χ0n) is 18.4. The van der Waals surface area contributed by atoms with Crippen molar-refractivity contribution in [3.05, 3.63) is 29.8 Å². The lowest BCUT2D eigenvalue weighted by Crippen LogP contribution is -2.39. The molecule has 1 aliphatic heterocycles. The fourth-order valence-corrected chi connectivity index (χ4v) is 3.92. The number of anilines is 1.